The lowest BCUT2D eigenvalue weighted by Gasteiger charge is -2.34. The number of fused-ring (bicyclic) bond motifs is 1. The normalized spacial score (nSPS) is 14.1. The fraction of sp³-hybridized carbons (Fsp3) is 0.259. The van der Waals surface area contributed by atoms with E-state index in [1.807, 2.05) is 5.10 Å². The van der Waals surface area contributed by atoms with Crippen LogP contribution >= 0.6 is 0 Å². The summed E-state index contributed by atoms with van der Waals surface area (Å²) in [6.45, 7) is 3.08. The fourth-order valence-electron chi connectivity index (χ4n) is 4.70. The molecule has 0 radical (unpaired) electrons. The van der Waals surface area contributed by atoms with Gasteiger partial charge in [0.05, 0.1) is 17.6 Å². The second-order valence-electron chi connectivity index (χ2n) is 9.10. The van der Waals surface area contributed by atoms with Crippen molar-refractivity contribution in [1.82, 2.24) is 24.6 Å². The highest BCUT2D eigenvalue weighted by Gasteiger charge is 2.38. The number of aromatic amines is 1. The Morgan fingerprint density at radius 2 is 1.74 bits per heavy atom. The SMILES string of the molecule is CC(=O)N1CCN(C(=O)c2cccc(OCc3c4ccccc4cn3-c3cn[nH]c(=O)c3C(F)(F)F)c2)CC1. The van der Waals surface area contributed by atoms with Gasteiger partial charge in [-0.05, 0) is 18.2 Å². The molecule has 0 unspecified atom stereocenters. The first-order valence-electron chi connectivity index (χ1n) is 12.2. The average molecular weight is 540 g/mol. The highest BCUT2D eigenvalue weighted by molar-refractivity contribution is 5.94. The topological polar surface area (TPSA) is 101 Å². The number of carbonyl (C=O) groups is 2. The summed E-state index contributed by atoms with van der Waals surface area (Å²) in [6.07, 6.45) is -2.46. The summed E-state index contributed by atoms with van der Waals surface area (Å²) < 4.78 is 48.7. The molecule has 202 valence electrons. The van der Waals surface area contributed by atoms with Gasteiger partial charge in [-0.1, -0.05) is 30.3 Å². The predicted octanol–water partition coefficient (Wildman–Crippen LogP) is 3.62. The number of hydrogen-bond donors (Lipinski definition) is 1. The van der Waals surface area contributed by atoms with Crippen LogP contribution in [0.15, 0.2) is 65.7 Å². The quantitative estimate of drug-likeness (QED) is 0.418. The molecular formula is C27H24F3N5O4. The summed E-state index contributed by atoms with van der Waals surface area (Å²) in [4.78, 5) is 40.1. The number of ether oxygens (including phenoxy) is 1. The van der Waals surface area contributed by atoms with Crippen molar-refractivity contribution in [3.63, 3.8) is 0 Å². The second kappa shape index (κ2) is 10.3. The third kappa shape index (κ3) is 5.22. The Balaban J connectivity index is 1.43. The third-order valence-electron chi connectivity index (χ3n) is 6.68. The second-order valence-corrected chi connectivity index (χ2v) is 9.10. The Morgan fingerprint density at radius 3 is 2.46 bits per heavy atom. The van der Waals surface area contributed by atoms with Gasteiger partial charge in [0.15, 0.2) is 0 Å². The standard InChI is InChI=1S/C27H24F3N5O4/c1-17(36)33-9-11-34(12-10-33)26(38)18-6-4-7-20(13-18)39-16-23-21-8-3-2-5-19(21)15-35(23)22-14-31-32-25(37)24(22)27(28,29)30/h2-8,13-15H,9-12,16H2,1H3,(H,32,37). The van der Waals surface area contributed by atoms with E-state index < -0.39 is 23.0 Å². The number of amides is 2. The van der Waals surface area contributed by atoms with E-state index in [0.717, 1.165) is 6.20 Å². The van der Waals surface area contributed by atoms with Crippen molar-refractivity contribution in [1.29, 1.82) is 0 Å². The lowest BCUT2D eigenvalue weighted by Crippen LogP contribution is -2.50. The van der Waals surface area contributed by atoms with E-state index >= 15 is 0 Å². The zero-order valence-corrected chi connectivity index (χ0v) is 20.9. The molecule has 2 amide bonds. The molecule has 12 heteroatoms. The zero-order valence-electron chi connectivity index (χ0n) is 20.9. The van der Waals surface area contributed by atoms with E-state index in [1.54, 1.807) is 58.3 Å². The molecule has 3 heterocycles. The Labute approximate surface area is 220 Å². The number of H-pyrrole nitrogens is 1. The molecule has 1 aliphatic rings. The number of halogens is 3. The largest absolute Gasteiger partial charge is 0.487 e. The highest BCUT2D eigenvalue weighted by Crippen LogP contribution is 2.33. The first kappa shape index (κ1) is 26.0. The van der Waals surface area contributed by atoms with Gasteiger partial charge in [0.25, 0.3) is 11.5 Å². The Morgan fingerprint density at radius 1 is 1.03 bits per heavy atom. The summed E-state index contributed by atoms with van der Waals surface area (Å²) >= 11 is 0. The molecule has 0 spiro atoms. The van der Waals surface area contributed by atoms with Gasteiger partial charge in [0.2, 0.25) is 5.91 Å². The monoisotopic (exact) mass is 539 g/mol. The number of nitrogens with one attached hydrogen (secondary N) is 1. The maximum Gasteiger partial charge on any atom is 0.423 e. The van der Waals surface area contributed by atoms with Crippen LogP contribution in [0.25, 0.3) is 16.5 Å². The lowest BCUT2D eigenvalue weighted by atomic mass is 10.1. The van der Waals surface area contributed by atoms with E-state index in [0.29, 0.717) is 54.0 Å². The van der Waals surface area contributed by atoms with Crippen LogP contribution < -0.4 is 10.3 Å². The summed E-state index contributed by atoms with van der Waals surface area (Å²) in [5.41, 5.74) is -2.37. The molecule has 5 rings (SSSR count). The van der Waals surface area contributed by atoms with E-state index in [4.69, 9.17) is 4.74 Å². The van der Waals surface area contributed by atoms with Crippen molar-refractivity contribution in [3.8, 4) is 11.4 Å². The molecule has 2 aromatic carbocycles. The van der Waals surface area contributed by atoms with Gasteiger partial charge < -0.3 is 19.1 Å². The molecule has 0 atom stereocenters. The number of alkyl halides is 3. The summed E-state index contributed by atoms with van der Waals surface area (Å²) in [7, 11) is 0. The lowest BCUT2D eigenvalue weighted by molar-refractivity contribution is -0.138. The van der Waals surface area contributed by atoms with Crippen molar-refractivity contribution in [3.05, 3.63) is 88.1 Å². The van der Waals surface area contributed by atoms with Crippen LogP contribution in [0.1, 0.15) is 28.5 Å². The third-order valence-corrected chi connectivity index (χ3v) is 6.68. The van der Waals surface area contributed by atoms with Gasteiger partial charge >= 0.3 is 6.18 Å². The number of nitrogens with zero attached hydrogens (tertiary/aromatic N) is 4. The number of hydrogen-bond acceptors (Lipinski definition) is 5. The van der Waals surface area contributed by atoms with Crippen molar-refractivity contribution in [2.45, 2.75) is 19.7 Å². The molecule has 4 aromatic rings. The summed E-state index contributed by atoms with van der Waals surface area (Å²) in [5, 5.41) is 6.74. The maximum absolute atomic E-state index is 13.8. The summed E-state index contributed by atoms with van der Waals surface area (Å²) in [6, 6.07) is 13.5. The predicted molar refractivity (Wildman–Crippen MR) is 136 cm³/mol. The van der Waals surface area contributed by atoms with Gasteiger partial charge in [-0.2, -0.15) is 18.3 Å². The molecule has 9 nitrogen and oxygen atoms in total. The number of piperazine rings is 1. The molecule has 2 aromatic heterocycles. The highest BCUT2D eigenvalue weighted by atomic mass is 19.4. The number of carbonyl (C=O) groups excluding carboxylic acids is 2. The van der Waals surface area contributed by atoms with E-state index in [2.05, 4.69) is 5.10 Å². The smallest absolute Gasteiger partial charge is 0.423 e. The number of benzene rings is 2. The van der Waals surface area contributed by atoms with Crippen LogP contribution in [-0.4, -0.2) is 62.6 Å². The van der Waals surface area contributed by atoms with Crippen LogP contribution in [0.2, 0.25) is 0 Å². The van der Waals surface area contributed by atoms with E-state index in [-0.39, 0.29) is 18.4 Å². The molecule has 0 aliphatic carbocycles. The van der Waals surface area contributed by atoms with Gasteiger partial charge in [-0.25, -0.2) is 5.10 Å². The van der Waals surface area contributed by atoms with Gasteiger partial charge in [-0.15, -0.1) is 0 Å². The summed E-state index contributed by atoms with van der Waals surface area (Å²) in [5.74, 6) is 0.107. The number of aromatic nitrogens is 3. The van der Waals surface area contributed by atoms with Crippen LogP contribution in [0.4, 0.5) is 13.2 Å². The minimum Gasteiger partial charge on any atom is -0.487 e. The minimum atomic E-state index is -4.91. The number of rotatable bonds is 5. The van der Waals surface area contributed by atoms with Crippen molar-refractivity contribution in [2.24, 2.45) is 0 Å². The van der Waals surface area contributed by atoms with Gasteiger partial charge in [0, 0.05) is 55.6 Å². The first-order chi connectivity index (χ1) is 18.6. The Kier molecular flexibility index (Phi) is 6.85. The van der Waals surface area contributed by atoms with Crippen LogP contribution in [0, 0.1) is 0 Å². The van der Waals surface area contributed by atoms with Crippen LogP contribution in [0.5, 0.6) is 5.75 Å². The van der Waals surface area contributed by atoms with Crippen molar-refractivity contribution in [2.75, 3.05) is 26.2 Å². The van der Waals surface area contributed by atoms with E-state index in [1.165, 1.54) is 17.7 Å². The Hall–Kier alpha value is -4.61. The maximum atomic E-state index is 13.8. The molecule has 39 heavy (non-hydrogen) atoms. The van der Waals surface area contributed by atoms with Crippen molar-refractivity contribution < 1.29 is 27.5 Å². The van der Waals surface area contributed by atoms with Crippen molar-refractivity contribution >= 4 is 22.6 Å². The first-order valence-corrected chi connectivity index (χ1v) is 12.2. The molecular weight excluding hydrogens is 515 g/mol. The van der Waals surface area contributed by atoms with E-state index in [9.17, 15) is 27.6 Å². The van der Waals surface area contributed by atoms with Crippen LogP contribution in [0.3, 0.4) is 0 Å². The van der Waals surface area contributed by atoms with Gasteiger partial charge in [0.1, 0.15) is 17.9 Å². The minimum absolute atomic E-state index is 0.0342. The molecule has 1 fully saturated rings. The molecule has 1 aliphatic heterocycles. The average Bonchev–Trinajstić information content (AvgIpc) is 3.29. The molecule has 1 N–H and O–H groups in total. The fourth-order valence-corrected chi connectivity index (χ4v) is 4.70. The Bertz CT molecular complexity index is 1600. The molecule has 0 saturated carbocycles. The molecule has 1 saturated heterocycles. The van der Waals surface area contributed by atoms with Gasteiger partial charge in [-0.3, -0.25) is 14.4 Å². The molecule has 0 bridgehead atoms. The zero-order chi connectivity index (χ0) is 27.7. The van der Waals surface area contributed by atoms with Crippen LogP contribution in [-0.2, 0) is 17.6 Å².